The fraction of sp³-hybridized carbons (Fsp3) is 0.308. The zero-order chi connectivity index (χ0) is 14.2. The number of nitrogens with two attached hydrogens (primary N) is 1. The zero-order valence-corrected chi connectivity index (χ0v) is 11.0. The van der Waals surface area contributed by atoms with Crippen molar-refractivity contribution in [1.82, 2.24) is 15.0 Å². The molecular formula is C13H15FN4O. The maximum absolute atomic E-state index is 13.7. The Hall–Kier alpha value is -2.24. The number of carbonyl (C=O) groups is 1. The van der Waals surface area contributed by atoms with Gasteiger partial charge in [0, 0.05) is 5.41 Å². The van der Waals surface area contributed by atoms with Gasteiger partial charge in [0.2, 0.25) is 0 Å². The van der Waals surface area contributed by atoms with Crippen molar-refractivity contribution in [2.75, 3.05) is 5.73 Å². The van der Waals surface area contributed by atoms with Crippen molar-refractivity contribution in [3.63, 3.8) is 0 Å². The third-order valence-corrected chi connectivity index (χ3v) is 2.68. The lowest BCUT2D eigenvalue weighted by Gasteiger charge is -2.14. The summed E-state index contributed by atoms with van der Waals surface area (Å²) in [5, 5.41) is 7.53. The molecule has 0 aliphatic carbocycles. The van der Waals surface area contributed by atoms with Crippen LogP contribution in [-0.2, 0) is 0 Å². The average Bonchev–Trinajstić information content (AvgIpc) is 2.69. The molecule has 19 heavy (non-hydrogen) atoms. The summed E-state index contributed by atoms with van der Waals surface area (Å²) in [4.78, 5) is 12.1. The van der Waals surface area contributed by atoms with Gasteiger partial charge in [-0.15, -0.1) is 5.10 Å². The number of hydrogen-bond acceptors (Lipinski definition) is 4. The van der Waals surface area contributed by atoms with E-state index in [0.717, 1.165) is 4.68 Å². The summed E-state index contributed by atoms with van der Waals surface area (Å²) >= 11 is 0. The van der Waals surface area contributed by atoms with Crippen molar-refractivity contribution in [1.29, 1.82) is 0 Å². The number of carbonyl (C=O) groups excluding carboxylic acids is 1. The molecule has 6 heteroatoms. The Labute approximate surface area is 110 Å². The van der Waals surface area contributed by atoms with Crippen LogP contribution in [0, 0.1) is 11.2 Å². The standard InChI is InChI=1S/C13H15FN4O/c1-13(2,3)11(19)10-12(15)18(17-16-10)9-7-5-4-6-8(9)14/h4-7H,15H2,1-3H3. The largest absolute Gasteiger partial charge is 0.382 e. The predicted octanol–water partition coefficient (Wildman–Crippen LogP) is 2.22. The summed E-state index contributed by atoms with van der Waals surface area (Å²) in [6.07, 6.45) is 0. The van der Waals surface area contributed by atoms with E-state index < -0.39 is 11.2 Å². The van der Waals surface area contributed by atoms with Crippen molar-refractivity contribution in [2.45, 2.75) is 20.8 Å². The summed E-state index contributed by atoms with van der Waals surface area (Å²) in [6.45, 7) is 5.28. The smallest absolute Gasteiger partial charge is 0.192 e. The van der Waals surface area contributed by atoms with E-state index in [1.807, 2.05) is 0 Å². The number of nitrogen functional groups attached to an aromatic ring is 1. The maximum atomic E-state index is 13.7. The lowest BCUT2D eigenvalue weighted by atomic mass is 9.89. The van der Waals surface area contributed by atoms with Gasteiger partial charge in [-0.3, -0.25) is 4.79 Å². The van der Waals surface area contributed by atoms with Crippen molar-refractivity contribution in [2.24, 2.45) is 5.41 Å². The van der Waals surface area contributed by atoms with E-state index in [1.165, 1.54) is 12.1 Å². The first-order valence-corrected chi connectivity index (χ1v) is 5.83. The first-order chi connectivity index (χ1) is 8.82. The zero-order valence-electron chi connectivity index (χ0n) is 11.0. The molecule has 0 saturated carbocycles. The van der Waals surface area contributed by atoms with Crippen molar-refractivity contribution >= 4 is 11.6 Å². The van der Waals surface area contributed by atoms with E-state index in [0.29, 0.717) is 0 Å². The number of Topliss-reactive ketones (excluding diaryl/α,β-unsaturated/α-hetero) is 1. The molecule has 0 unspecified atom stereocenters. The van der Waals surface area contributed by atoms with Gasteiger partial charge in [-0.25, -0.2) is 4.39 Å². The van der Waals surface area contributed by atoms with Gasteiger partial charge in [-0.1, -0.05) is 38.1 Å². The van der Waals surface area contributed by atoms with Gasteiger partial charge in [0.25, 0.3) is 0 Å². The SMILES string of the molecule is CC(C)(C)C(=O)c1nnn(-c2ccccc2F)c1N. The van der Waals surface area contributed by atoms with E-state index in [1.54, 1.807) is 32.9 Å². The molecule has 2 rings (SSSR count). The fourth-order valence-electron chi connectivity index (χ4n) is 1.61. The third kappa shape index (κ3) is 2.33. The first kappa shape index (κ1) is 13.2. The highest BCUT2D eigenvalue weighted by atomic mass is 19.1. The van der Waals surface area contributed by atoms with Gasteiger partial charge >= 0.3 is 0 Å². The lowest BCUT2D eigenvalue weighted by molar-refractivity contribution is 0.0854. The van der Waals surface area contributed by atoms with Gasteiger partial charge in [-0.05, 0) is 12.1 Å². The second kappa shape index (κ2) is 4.46. The van der Waals surface area contributed by atoms with Crippen LogP contribution in [0.5, 0.6) is 0 Å². The van der Waals surface area contributed by atoms with Crippen LogP contribution in [0.1, 0.15) is 31.3 Å². The quantitative estimate of drug-likeness (QED) is 0.842. The summed E-state index contributed by atoms with van der Waals surface area (Å²) in [7, 11) is 0. The van der Waals surface area contributed by atoms with Gasteiger partial charge in [0.05, 0.1) is 0 Å². The molecule has 0 atom stereocenters. The number of aromatic nitrogens is 3. The van der Waals surface area contributed by atoms with E-state index in [4.69, 9.17) is 5.73 Å². The Kier molecular flexibility index (Phi) is 3.09. The van der Waals surface area contributed by atoms with Crippen LogP contribution in [0.2, 0.25) is 0 Å². The highest BCUT2D eigenvalue weighted by Crippen LogP contribution is 2.24. The summed E-state index contributed by atoms with van der Waals surface area (Å²) < 4.78 is 14.8. The van der Waals surface area contributed by atoms with Crippen LogP contribution in [0.15, 0.2) is 24.3 Å². The Morgan fingerprint density at radius 3 is 2.53 bits per heavy atom. The van der Waals surface area contributed by atoms with Crippen LogP contribution in [-0.4, -0.2) is 20.8 Å². The fourth-order valence-corrected chi connectivity index (χ4v) is 1.61. The van der Waals surface area contributed by atoms with Gasteiger partial charge < -0.3 is 5.73 Å². The highest BCUT2D eigenvalue weighted by molar-refractivity contribution is 6.01. The van der Waals surface area contributed by atoms with E-state index in [2.05, 4.69) is 10.3 Å². The lowest BCUT2D eigenvalue weighted by Crippen LogP contribution is -2.22. The van der Waals surface area contributed by atoms with Gasteiger partial charge in [-0.2, -0.15) is 4.68 Å². The number of para-hydroxylation sites is 1. The Morgan fingerprint density at radius 1 is 1.32 bits per heavy atom. The molecule has 1 heterocycles. The Bertz CT molecular complexity index is 628. The normalized spacial score (nSPS) is 11.6. The molecule has 5 nitrogen and oxygen atoms in total. The third-order valence-electron chi connectivity index (χ3n) is 2.68. The van der Waals surface area contributed by atoms with Crippen LogP contribution in [0.25, 0.3) is 5.69 Å². The number of halogens is 1. The Morgan fingerprint density at radius 2 is 1.95 bits per heavy atom. The minimum atomic E-state index is -0.621. The van der Waals surface area contributed by atoms with Crippen LogP contribution >= 0.6 is 0 Å². The average molecular weight is 262 g/mol. The molecule has 0 bridgehead atoms. The molecule has 2 N–H and O–H groups in total. The van der Waals surface area contributed by atoms with E-state index in [9.17, 15) is 9.18 Å². The molecule has 0 amide bonds. The van der Waals surface area contributed by atoms with E-state index >= 15 is 0 Å². The first-order valence-electron chi connectivity index (χ1n) is 5.83. The molecule has 0 aliphatic heterocycles. The van der Waals surface area contributed by atoms with Crippen LogP contribution in [0.4, 0.5) is 10.2 Å². The van der Waals surface area contributed by atoms with Gasteiger partial charge in [0.15, 0.2) is 17.3 Å². The second-order valence-corrected chi connectivity index (χ2v) is 5.27. The summed E-state index contributed by atoms with van der Waals surface area (Å²) in [5.41, 5.74) is 5.46. The highest BCUT2D eigenvalue weighted by Gasteiger charge is 2.29. The number of rotatable bonds is 2. The predicted molar refractivity (Wildman–Crippen MR) is 69.5 cm³/mol. The molecule has 0 spiro atoms. The van der Waals surface area contributed by atoms with E-state index in [-0.39, 0.29) is 23.0 Å². The summed E-state index contributed by atoms with van der Waals surface area (Å²) in [6, 6.07) is 6.03. The number of nitrogens with zero attached hydrogens (tertiary/aromatic N) is 3. The number of benzene rings is 1. The van der Waals surface area contributed by atoms with Crippen LogP contribution < -0.4 is 5.73 Å². The maximum Gasteiger partial charge on any atom is 0.192 e. The molecular weight excluding hydrogens is 247 g/mol. The molecule has 1 aromatic heterocycles. The topological polar surface area (TPSA) is 73.8 Å². The van der Waals surface area contributed by atoms with Crippen molar-refractivity contribution in [3.8, 4) is 5.69 Å². The molecule has 0 fully saturated rings. The molecule has 0 aliphatic rings. The number of ketones is 1. The molecule has 2 aromatic rings. The molecule has 1 aromatic carbocycles. The molecule has 0 radical (unpaired) electrons. The minimum Gasteiger partial charge on any atom is -0.382 e. The number of anilines is 1. The minimum absolute atomic E-state index is 0.0463. The summed E-state index contributed by atoms with van der Waals surface area (Å²) in [5.74, 6) is -0.661. The molecule has 100 valence electrons. The molecule has 0 saturated heterocycles. The van der Waals surface area contributed by atoms with Crippen LogP contribution in [0.3, 0.4) is 0 Å². The monoisotopic (exact) mass is 262 g/mol. The van der Waals surface area contributed by atoms with Gasteiger partial charge in [0.1, 0.15) is 11.5 Å². The second-order valence-electron chi connectivity index (χ2n) is 5.27. The number of hydrogen-bond donors (Lipinski definition) is 1. The van der Waals surface area contributed by atoms with Crippen molar-refractivity contribution in [3.05, 3.63) is 35.8 Å². The Balaban J connectivity index is 2.51. The van der Waals surface area contributed by atoms with Crippen molar-refractivity contribution < 1.29 is 9.18 Å².